The van der Waals surface area contributed by atoms with Crippen LogP contribution in [0.5, 0.6) is 11.5 Å². The van der Waals surface area contributed by atoms with Gasteiger partial charge < -0.3 is 25.1 Å². The molecule has 4 aromatic carbocycles. The molecule has 0 atom stereocenters. The molecule has 5 aromatic rings. The number of nitro benzene ring substituents is 2. The largest absolute Gasteiger partial charge is 0.496 e. The number of nitrogens with zero attached hydrogens (tertiary/aromatic N) is 4. The molecule has 322 valence electrons. The van der Waals surface area contributed by atoms with Gasteiger partial charge in [0.15, 0.2) is 0 Å². The Morgan fingerprint density at radius 1 is 0.800 bits per heavy atom. The van der Waals surface area contributed by atoms with Crippen molar-refractivity contribution in [2.75, 3.05) is 41.1 Å². The fourth-order valence-corrected chi connectivity index (χ4v) is 6.32. The number of rotatable bonds is 17. The number of non-ortho nitro benzene ring substituents is 2. The first-order valence-corrected chi connectivity index (χ1v) is 18.9. The van der Waals surface area contributed by atoms with Crippen molar-refractivity contribution in [3.05, 3.63) is 133 Å². The highest BCUT2D eigenvalue weighted by atomic mass is 16.6. The topological polar surface area (TPSA) is 212 Å². The molecule has 0 fully saturated rings. The average molecular weight is 828 g/mol. The number of nitrogens with two attached hydrogens (primary N) is 1. The van der Waals surface area contributed by atoms with Gasteiger partial charge in [0.05, 0.1) is 48.8 Å². The summed E-state index contributed by atoms with van der Waals surface area (Å²) >= 11 is 0. The van der Waals surface area contributed by atoms with Crippen molar-refractivity contribution in [2.45, 2.75) is 60.9 Å². The van der Waals surface area contributed by atoms with E-state index in [1.54, 1.807) is 56.7 Å². The van der Waals surface area contributed by atoms with E-state index in [-0.39, 0.29) is 43.4 Å². The number of aliphatic hydroxyl groups excluding tert-OH is 1. The molecule has 0 saturated carbocycles. The number of Topliss-reactive ketones (excluding diaryl/α,β-unsaturated/α-hetero) is 2. The minimum absolute atomic E-state index is 0. The summed E-state index contributed by atoms with van der Waals surface area (Å²) in [4.78, 5) is 44.6. The van der Waals surface area contributed by atoms with E-state index in [1.165, 1.54) is 39.2 Å². The second-order valence-corrected chi connectivity index (χ2v) is 13.6. The van der Waals surface area contributed by atoms with Crippen LogP contribution in [0.25, 0.3) is 22.3 Å². The van der Waals surface area contributed by atoms with Crippen LogP contribution in [0.15, 0.2) is 84.9 Å². The third-order valence-corrected chi connectivity index (χ3v) is 9.46. The summed E-state index contributed by atoms with van der Waals surface area (Å²) in [6.07, 6.45) is 1.93. The van der Waals surface area contributed by atoms with Crippen LogP contribution < -0.4 is 15.2 Å². The minimum atomic E-state index is -0.689. The Morgan fingerprint density at radius 2 is 1.30 bits per heavy atom. The second kappa shape index (κ2) is 24.6. The number of ether oxygens (including phenoxy) is 3. The van der Waals surface area contributed by atoms with Crippen molar-refractivity contribution < 1.29 is 38.8 Å². The van der Waals surface area contributed by atoms with E-state index in [4.69, 9.17) is 19.9 Å². The molecule has 15 heteroatoms. The maximum atomic E-state index is 11.7. The maximum Gasteiger partial charge on any atom is 0.270 e. The SMILES string of the molecule is C.COCCCN.COc1ccc(CC(C(C)=O)C(C)=O)cc1-c1cccc([N+](=O)[O-])c1.COc1ccc(Cc2c(C)nn(CCO)c2C)cc1-c1cccc([N+](=O)[O-])c1. The molecule has 0 amide bonds. The van der Waals surface area contributed by atoms with E-state index in [9.17, 15) is 34.9 Å². The zero-order valence-electron chi connectivity index (χ0n) is 34.6. The van der Waals surface area contributed by atoms with Crippen LogP contribution in [0.1, 0.15) is 55.8 Å². The fraction of sp³-hybridized carbons (Fsp3) is 0.356. The molecule has 0 spiro atoms. The summed E-state index contributed by atoms with van der Waals surface area (Å²) in [5.74, 6) is 0.173. The highest BCUT2D eigenvalue weighted by Gasteiger charge is 2.21. The van der Waals surface area contributed by atoms with E-state index in [0.717, 1.165) is 58.8 Å². The Balaban J connectivity index is 0.000000360. The number of hydrogen-bond acceptors (Lipinski definition) is 12. The number of nitro groups is 2. The number of hydrogen-bond donors (Lipinski definition) is 2. The maximum absolute atomic E-state index is 11.7. The molecule has 0 aliphatic heterocycles. The lowest BCUT2D eigenvalue weighted by Gasteiger charge is -2.14. The molecule has 0 radical (unpaired) electrons. The monoisotopic (exact) mass is 827 g/mol. The van der Waals surface area contributed by atoms with E-state index >= 15 is 0 Å². The van der Waals surface area contributed by atoms with Gasteiger partial charge in [0, 0.05) is 66.8 Å². The lowest BCUT2D eigenvalue weighted by Crippen LogP contribution is -2.21. The first-order chi connectivity index (χ1) is 28.2. The highest BCUT2D eigenvalue weighted by molar-refractivity contribution is 6.00. The van der Waals surface area contributed by atoms with Crippen LogP contribution in [-0.4, -0.2) is 77.4 Å². The molecule has 0 bridgehead atoms. The van der Waals surface area contributed by atoms with Crippen molar-refractivity contribution in [1.29, 1.82) is 0 Å². The van der Waals surface area contributed by atoms with Crippen molar-refractivity contribution in [3.8, 4) is 33.8 Å². The third kappa shape index (κ3) is 13.9. The van der Waals surface area contributed by atoms with Gasteiger partial charge in [0.25, 0.3) is 11.4 Å². The number of carbonyl (C=O) groups is 2. The highest BCUT2D eigenvalue weighted by Crippen LogP contribution is 2.35. The van der Waals surface area contributed by atoms with Crippen LogP contribution in [0, 0.1) is 40.0 Å². The lowest BCUT2D eigenvalue weighted by molar-refractivity contribution is -0.385. The Hall–Kier alpha value is -6.29. The molecule has 0 saturated heterocycles. The summed E-state index contributed by atoms with van der Waals surface area (Å²) < 4.78 is 17.3. The lowest BCUT2D eigenvalue weighted by atomic mass is 9.91. The summed E-state index contributed by atoms with van der Waals surface area (Å²) in [6.45, 7) is 8.78. The minimum Gasteiger partial charge on any atom is -0.496 e. The van der Waals surface area contributed by atoms with Crippen LogP contribution in [-0.2, 0) is 33.7 Å². The van der Waals surface area contributed by atoms with Gasteiger partial charge in [-0.25, -0.2) is 0 Å². The molecule has 0 aliphatic carbocycles. The van der Waals surface area contributed by atoms with Gasteiger partial charge in [0.2, 0.25) is 0 Å². The predicted molar refractivity (Wildman–Crippen MR) is 233 cm³/mol. The summed E-state index contributed by atoms with van der Waals surface area (Å²) in [5.41, 5.74) is 12.9. The van der Waals surface area contributed by atoms with Crippen LogP contribution >= 0.6 is 0 Å². The van der Waals surface area contributed by atoms with E-state index in [1.807, 2.05) is 42.8 Å². The molecule has 0 aliphatic rings. The summed E-state index contributed by atoms with van der Waals surface area (Å²) in [6, 6.07) is 24.0. The zero-order valence-corrected chi connectivity index (χ0v) is 34.6. The molecule has 60 heavy (non-hydrogen) atoms. The van der Waals surface area contributed by atoms with Crippen molar-refractivity contribution in [2.24, 2.45) is 11.7 Å². The number of carbonyl (C=O) groups excluding carboxylic acids is 2. The van der Waals surface area contributed by atoms with Gasteiger partial charge in [-0.05, 0) is 93.6 Å². The predicted octanol–water partition coefficient (Wildman–Crippen LogP) is 7.89. The molecule has 1 aromatic heterocycles. The molecule has 5 rings (SSSR count). The van der Waals surface area contributed by atoms with Crippen LogP contribution in [0.3, 0.4) is 0 Å². The standard InChI is InChI=1S/C21H23N3O4.C19H19NO5.C4H11NO.CH4/c1-14-19(15(2)23(22-14)9-10-25)11-16-7-8-21(28-3)20(12-16)17-5-4-6-18(13-17)24(26)27;1-12(21)17(13(2)22)9-14-7-8-19(25-3)18(10-14)15-5-4-6-16(11-15)20(23)24;1-6-4-2-3-5;/h4-8,12-13,25H,9-11H2,1-3H3;4-8,10-11,17H,9H2,1-3H3;2-5H2,1H3;1H4. The summed E-state index contributed by atoms with van der Waals surface area (Å²) in [5, 5.41) is 35.8. The Morgan fingerprint density at radius 3 is 1.72 bits per heavy atom. The molecule has 1 heterocycles. The normalized spacial score (nSPS) is 10.4. The number of aryl methyl sites for hydroxylation is 1. The van der Waals surface area contributed by atoms with E-state index in [0.29, 0.717) is 35.6 Å². The van der Waals surface area contributed by atoms with E-state index < -0.39 is 15.8 Å². The quantitative estimate of drug-likeness (QED) is 0.0396. The number of benzene rings is 4. The second-order valence-electron chi connectivity index (χ2n) is 13.6. The van der Waals surface area contributed by atoms with Crippen molar-refractivity contribution in [1.82, 2.24) is 9.78 Å². The average Bonchev–Trinajstić information content (AvgIpc) is 3.49. The molecule has 15 nitrogen and oxygen atoms in total. The van der Waals surface area contributed by atoms with Crippen LogP contribution in [0.4, 0.5) is 11.4 Å². The number of aromatic nitrogens is 2. The van der Waals surface area contributed by atoms with Crippen molar-refractivity contribution >= 4 is 22.9 Å². The Kier molecular flexibility index (Phi) is 20.4. The molecular weight excluding hydrogens is 771 g/mol. The smallest absolute Gasteiger partial charge is 0.270 e. The molecule has 0 unspecified atom stereocenters. The molecule has 3 N–H and O–H groups in total. The van der Waals surface area contributed by atoms with Gasteiger partial charge in [-0.15, -0.1) is 0 Å². The third-order valence-electron chi connectivity index (χ3n) is 9.46. The van der Waals surface area contributed by atoms with Gasteiger partial charge in [0.1, 0.15) is 23.1 Å². The fourth-order valence-electron chi connectivity index (χ4n) is 6.32. The summed E-state index contributed by atoms with van der Waals surface area (Å²) in [7, 11) is 4.78. The van der Waals surface area contributed by atoms with Gasteiger partial charge >= 0.3 is 0 Å². The van der Waals surface area contributed by atoms with E-state index in [2.05, 4.69) is 5.10 Å². The van der Waals surface area contributed by atoms with Crippen LogP contribution in [0.2, 0.25) is 0 Å². The van der Waals surface area contributed by atoms with Gasteiger partial charge in [-0.2, -0.15) is 5.10 Å². The number of aliphatic hydroxyl groups is 1. The molecular formula is C45H57N5O10. The van der Waals surface area contributed by atoms with Crippen molar-refractivity contribution in [3.63, 3.8) is 0 Å². The first kappa shape index (κ1) is 49.9. The Labute approximate surface area is 351 Å². The van der Waals surface area contributed by atoms with Gasteiger partial charge in [-0.1, -0.05) is 43.8 Å². The van der Waals surface area contributed by atoms with Gasteiger partial charge in [-0.3, -0.25) is 34.5 Å². The number of methoxy groups -OCH3 is 3. The number of ketones is 2. The zero-order chi connectivity index (χ0) is 43.6. The Bertz CT molecular complexity index is 2200. The first-order valence-electron chi connectivity index (χ1n) is 18.9.